The fourth-order valence-corrected chi connectivity index (χ4v) is 2.59. The fourth-order valence-electron chi connectivity index (χ4n) is 2.59. The van der Waals surface area contributed by atoms with E-state index in [4.69, 9.17) is 4.74 Å². The Hall–Kier alpha value is -2.11. The Labute approximate surface area is 123 Å². The SMILES string of the molecule is C[C@@H]1CCCC[C@H]1NC(=O)COc1ccc([N+](=O)[O-])cc1. The highest BCUT2D eigenvalue weighted by molar-refractivity contribution is 5.77. The van der Waals surface area contributed by atoms with E-state index in [1.165, 1.54) is 30.7 Å². The van der Waals surface area contributed by atoms with Gasteiger partial charge in [-0.05, 0) is 30.9 Å². The summed E-state index contributed by atoms with van der Waals surface area (Å²) in [6, 6.07) is 5.93. The van der Waals surface area contributed by atoms with E-state index >= 15 is 0 Å². The molecule has 21 heavy (non-hydrogen) atoms. The van der Waals surface area contributed by atoms with Crippen LogP contribution in [0.5, 0.6) is 5.75 Å². The van der Waals surface area contributed by atoms with Gasteiger partial charge in [-0.25, -0.2) is 0 Å². The molecule has 1 aromatic carbocycles. The number of nitro benzene ring substituents is 1. The number of carbonyl (C=O) groups is 1. The molecule has 1 N–H and O–H groups in total. The molecule has 1 aromatic rings. The van der Waals surface area contributed by atoms with Crippen LogP contribution in [0, 0.1) is 16.0 Å². The van der Waals surface area contributed by atoms with Gasteiger partial charge in [-0.1, -0.05) is 19.8 Å². The Kier molecular flexibility index (Phi) is 5.14. The Bertz CT molecular complexity index is 501. The lowest BCUT2D eigenvalue weighted by molar-refractivity contribution is -0.384. The average Bonchev–Trinajstić information content (AvgIpc) is 2.48. The number of nitrogens with one attached hydrogen (secondary N) is 1. The van der Waals surface area contributed by atoms with Gasteiger partial charge in [0, 0.05) is 18.2 Å². The molecule has 0 spiro atoms. The predicted molar refractivity (Wildman–Crippen MR) is 78.2 cm³/mol. The van der Waals surface area contributed by atoms with Crippen molar-refractivity contribution >= 4 is 11.6 Å². The molecule has 1 saturated carbocycles. The van der Waals surface area contributed by atoms with Gasteiger partial charge < -0.3 is 10.1 Å². The highest BCUT2D eigenvalue weighted by Gasteiger charge is 2.22. The summed E-state index contributed by atoms with van der Waals surface area (Å²) >= 11 is 0. The molecule has 0 radical (unpaired) electrons. The minimum atomic E-state index is -0.471. The molecule has 0 aliphatic heterocycles. The molecule has 0 bridgehead atoms. The summed E-state index contributed by atoms with van der Waals surface area (Å²) in [6.45, 7) is 2.09. The molecule has 0 unspecified atom stereocenters. The maximum absolute atomic E-state index is 11.9. The number of non-ortho nitro benzene ring substituents is 1. The monoisotopic (exact) mass is 292 g/mol. The number of carbonyl (C=O) groups excluding carboxylic acids is 1. The van der Waals surface area contributed by atoms with E-state index in [-0.39, 0.29) is 24.2 Å². The van der Waals surface area contributed by atoms with Crippen molar-refractivity contribution in [3.05, 3.63) is 34.4 Å². The molecule has 2 atom stereocenters. The van der Waals surface area contributed by atoms with Gasteiger partial charge >= 0.3 is 0 Å². The number of nitrogens with zero attached hydrogens (tertiary/aromatic N) is 1. The van der Waals surface area contributed by atoms with Crippen LogP contribution in [0.25, 0.3) is 0 Å². The summed E-state index contributed by atoms with van der Waals surface area (Å²) in [6.07, 6.45) is 4.55. The Morgan fingerprint density at radius 2 is 2.00 bits per heavy atom. The van der Waals surface area contributed by atoms with E-state index in [1.54, 1.807) is 0 Å². The third-order valence-electron chi connectivity index (χ3n) is 3.88. The van der Waals surface area contributed by atoms with Gasteiger partial charge in [0.25, 0.3) is 11.6 Å². The van der Waals surface area contributed by atoms with E-state index < -0.39 is 4.92 Å². The zero-order chi connectivity index (χ0) is 15.2. The summed E-state index contributed by atoms with van der Waals surface area (Å²) in [5.74, 6) is 0.807. The van der Waals surface area contributed by atoms with Gasteiger partial charge in [-0.3, -0.25) is 14.9 Å². The quantitative estimate of drug-likeness (QED) is 0.668. The normalized spacial score (nSPS) is 21.6. The van der Waals surface area contributed by atoms with E-state index in [0.717, 1.165) is 19.3 Å². The highest BCUT2D eigenvalue weighted by atomic mass is 16.6. The molecule has 2 rings (SSSR count). The lowest BCUT2D eigenvalue weighted by Crippen LogP contribution is -2.43. The van der Waals surface area contributed by atoms with Gasteiger partial charge in [-0.15, -0.1) is 0 Å². The molecule has 0 heterocycles. The topological polar surface area (TPSA) is 81.5 Å². The number of hydrogen-bond donors (Lipinski definition) is 1. The second kappa shape index (κ2) is 7.06. The molecule has 1 amide bonds. The van der Waals surface area contributed by atoms with Crippen molar-refractivity contribution < 1.29 is 14.5 Å². The van der Waals surface area contributed by atoms with Crippen molar-refractivity contribution in [2.45, 2.75) is 38.6 Å². The first-order valence-electron chi connectivity index (χ1n) is 7.23. The Morgan fingerprint density at radius 3 is 2.62 bits per heavy atom. The first-order valence-corrected chi connectivity index (χ1v) is 7.23. The zero-order valence-electron chi connectivity index (χ0n) is 12.1. The zero-order valence-corrected chi connectivity index (χ0v) is 12.1. The largest absolute Gasteiger partial charge is 0.484 e. The van der Waals surface area contributed by atoms with E-state index in [2.05, 4.69) is 12.2 Å². The summed E-state index contributed by atoms with van der Waals surface area (Å²) in [4.78, 5) is 21.9. The van der Waals surface area contributed by atoms with Gasteiger partial charge in [0.15, 0.2) is 6.61 Å². The third kappa shape index (κ3) is 4.44. The summed E-state index contributed by atoms with van der Waals surface area (Å²) < 4.78 is 5.34. The molecule has 1 aliphatic carbocycles. The van der Waals surface area contributed by atoms with Crippen molar-refractivity contribution in [2.75, 3.05) is 6.61 Å². The number of amides is 1. The number of nitro groups is 1. The van der Waals surface area contributed by atoms with Gasteiger partial charge in [0.1, 0.15) is 5.75 Å². The van der Waals surface area contributed by atoms with E-state index in [1.807, 2.05) is 0 Å². The van der Waals surface area contributed by atoms with Crippen molar-refractivity contribution in [1.82, 2.24) is 5.32 Å². The molecular weight excluding hydrogens is 272 g/mol. The average molecular weight is 292 g/mol. The molecule has 1 fully saturated rings. The fraction of sp³-hybridized carbons (Fsp3) is 0.533. The molecular formula is C15H20N2O4. The summed E-state index contributed by atoms with van der Waals surface area (Å²) in [5.41, 5.74) is 0.00262. The molecule has 6 nitrogen and oxygen atoms in total. The van der Waals surface area contributed by atoms with Crippen molar-refractivity contribution in [2.24, 2.45) is 5.92 Å². The van der Waals surface area contributed by atoms with Crippen LogP contribution in [-0.2, 0) is 4.79 Å². The minimum absolute atomic E-state index is 0.00262. The maximum Gasteiger partial charge on any atom is 0.269 e. The minimum Gasteiger partial charge on any atom is -0.484 e. The van der Waals surface area contributed by atoms with Crippen molar-refractivity contribution in [3.8, 4) is 5.75 Å². The van der Waals surface area contributed by atoms with Crippen LogP contribution in [0.4, 0.5) is 5.69 Å². The van der Waals surface area contributed by atoms with Crippen LogP contribution in [0.3, 0.4) is 0 Å². The number of ether oxygens (including phenoxy) is 1. The number of rotatable bonds is 5. The maximum atomic E-state index is 11.9. The van der Waals surface area contributed by atoms with Crippen LogP contribution in [0.15, 0.2) is 24.3 Å². The number of hydrogen-bond acceptors (Lipinski definition) is 4. The number of benzene rings is 1. The molecule has 1 aliphatic rings. The van der Waals surface area contributed by atoms with Gasteiger partial charge in [0.2, 0.25) is 0 Å². The van der Waals surface area contributed by atoms with Gasteiger partial charge in [0.05, 0.1) is 4.92 Å². The van der Waals surface area contributed by atoms with Crippen molar-refractivity contribution in [1.29, 1.82) is 0 Å². The Balaban J connectivity index is 1.79. The lowest BCUT2D eigenvalue weighted by atomic mass is 9.86. The van der Waals surface area contributed by atoms with Crippen LogP contribution in [0.1, 0.15) is 32.6 Å². The predicted octanol–water partition coefficient (Wildman–Crippen LogP) is 2.67. The van der Waals surface area contributed by atoms with Crippen LogP contribution in [0.2, 0.25) is 0 Å². The van der Waals surface area contributed by atoms with E-state index in [9.17, 15) is 14.9 Å². The molecule has 6 heteroatoms. The second-order valence-electron chi connectivity index (χ2n) is 5.48. The smallest absolute Gasteiger partial charge is 0.269 e. The highest BCUT2D eigenvalue weighted by Crippen LogP contribution is 2.23. The molecule has 0 saturated heterocycles. The molecule has 114 valence electrons. The standard InChI is InChI=1S/C15H20N2O4/c1-11-4-2-3-5-14(11)16-15(18)10-21-13-8-6-12(7-9-13)17(19)20/h6-9,11,14H,2-5,10H2,1H3,(H,16,18)/t11-,14-/m1/s1. The Morgan fingerprint density at radius 1 is 1.33 bits per heavy atom. The van der Waals surface area contributed by atoms with Gasteiger partial charge in [-0.2, -0.15) is 0 Å². The van der Waals surface area contributed by atoms with E-state index in [0.29, 0.717) is 11.7 Å². The summed E-state index contributed by atoms with van der Waals surface area (Å²) in [7, 11) is 0. The third-order valence-corrected chi connectivity index (χ3v) is 3.88. The summed E-state index contributed by atoms with van der Waals surface area (Å²) in [5, 5.41) is 13.5. The first kappa shape index (κ1) is 15.3. The van der Waals surface area contributed by atoms with Crippen LogP contribution >= 0.6 is 0 Å². The van der Waals surface area contributed by atoms with Crippen molar-refractivity contribution in [3.63, 3.8) is 0 Å². The second-order valence-corrected chi connectivity index (χ2v) is 5.48. The van der Waals surface area contributed by atoms with Crippen LogP contribution < -0.4 is 10.1 Å². The molecule has 0 aromatic heterocycles. The first-order chi connectivity index (χ1) is 10.1. The lowest BCUT2D eigenvalue weighted by Gasteiger charge is -2.29. The van der Waals surface area contributed by atoms with Crippen LogP contribution in [-0.4, -0.2) is 23.5 Å².